The Bertz CT molecular complexity index is 1100. The fourth-order valence-electron chi connectivity index (χ4n) is 2.46. The highest BCUT2D eigenvalue weighted by Gasteiger charge is 2.13. The third-order valence-corrected chi connectivity index (χ3v) is 4.70. The fraction of sp³-hybridized carbons (Fsp3) is 0.0556. The predicted octanol–water partition coefficient (Wildman–Crippen LogP) is 3.73. The molecule has 3 heterocycles. The van der Waals surface area contributed by atoms with Crippen LogP contribution in [-0.2, 0) is 0 Å². The number of hydrogen-bond acceptors (Lipinski definition) is 6. The van der Waals surface area contributed by atoms with Crippen LogP contribution in [0.2, 0.25) is 0 Å². The van der Waals surface area contributed by atoms with Crippen LogP contribution in [0.15, 0.2) is 54.0 Å². The number of carbonyl (C=O) groups excluding carboxylic acids is 1. The number of fused-ring (bicyclic) bond motifs is 1. The van der Waals surface area contributed by atoms with E-state index in [1.165, 1.54) is 11.3 Å². The first kappa shape index (κ1) is 16.1. The monoisotopic (exact) mass is 365 g/mol. The van der Waals surface area contributed by atoms with Crippen LogP contribution in [0.5, 0.6) is 11.6 Å². The summed E-state index contributed by atoms with van der Waals surface area (Å²) in [4.78, 5) is 17.3. The molecule has 0 saturated heterocycles. The lowest BCUT2D eigenvalue weighted by Gasteiger charge is -2.05. The highest BCUT2D eigenvalue weighted by Crippen LogP contribution is 2.22. The van der Waals surface area contributed by atoms with E-state index in [4.69, 9.17) is 10.5 Å². The minimum absolute atomic E-state index is 0.183. The van der Waals surface area contributed by atoms with Gasteiger partial charge in [0.2, 0.25) is 5.88 Å². The fourth-order valence-corrected chi connectivity index (χ4v) is 3.28. The van der Waals surface area contributed by atoms with Gasteiger partial charge in [0, 0.05) is 17.8 Å². The summed E-state index contributed by atoms with van der Waals surface area (Å²) in [6.45, 7) is 1.90. The van der Waals surface area contributed by atoms with Crippen LogP contribution in [0.4, 0.5) is 11.5 Å². The van der Waals surface area contributed by atoms with Crippen molar-refractivity contribution in [2.24, 2.45) is 0 Å². The van der Waals surface area contributed by atoms with Gasteiger partial charge in [0.15, 0.2) is 11.5 Å². The van der Waals surface area contributed by atoms with Crippen molar-refractivity contribution in [1.82, 2.24) is 14.6 Å². The number of benzene rings is 1. The highest BCUT2D eigenvalue weighted by atomic mass is 32.1. The number of ether oxygens (including phenoxy) is 1. The average Bonchev–Trinajstić information content (AvgIpc) is 3.20. The molecule has 26 heavy (non-hydrogen) atoms. The van der Waals surface area contributed by atoms with Gasteiger partial charge in [-0.3, -0.25) is 4.79 Å². The van der Waals surface area contributed by atoms with E-state index in [0.717, 1.165) is 5.56 Å². The highest BCUT2D eigenvalue weighted by molar-refractivity contribution is 7.12. The number of nitrogens with zero attached hydrogens (tertiary/aromatic N) is 3. The van der Waals surface area contributed by atoms with E-state index in [1.807, 2.05) is 18.4 Å². The molecule has 0 saturated carbocycles. The zero-order chi connectivity index (χ0) is 18.1. The minimum atomic E-state index is -0.183. The molecule has 0 aliphatic rings. The second-order valence-electron chi connectivity index (χ2n) is 5.66. The third-order valence-electron chi connectivity index (χ3n) is 3.69. The smallest absolute Gasteiger partial charge is 0.267 e. The molecule has 4 aromatic rings. The van der Waals surface area contributed by atoms with Crippen LogP contribution >= 0.6 is 11.3 Å². The Morgan fingerprint density at radius 2 is 2.15 bits per heavy atom. The SMILES string of the molecule is Cc1ccsc1C(=O)Nc1cn2nc(Oc3cccc(N)c3)ccc2n1. The first-order chi connectivity index (χ1) is 12.6. The van der Waals surface area contributed by atoms with Crippen molar-refractivity contribution < 1.29 is 9.53 Å². The summed E-state index contributed by atoms with van der Waals surface area (Å²) >= 11 is 1.40. The van der Waals surface area contributed by atoms with E-state index in [1.54, 1.807) is 47.1 Å². The predicted molar refractivity (Wildman–Crippen MR) is 101 cm³/mol. The summed E-state index contributed by atoms with van der Waals surface area (Å²) in [6.07, 6.45) is 1.64. The number of hydrogen-bond donors (Lipinski definition) is 2. The van der Waals surface area contributed by atoms with Crippen molar-refractivity contribution in [3.63, 3.8) is 0 Å². The van der Waals surface area contributed by atoms with E-state index < -0.39 is 0 Å². The van der Waals surface area contributed by atoms with Crippen LogP contribution in [0.3, 0.4) is 0 Å². The lowest BCUT2D eigenvalue weighted by atomic mass is 10.3. The van der Waals surface area contributed by atoms with Crippen molar-refractivity contribution in [3.8, 4) is 11.6 Å². The number of rotatable bonds is 4. The number of imidazole rings is 1. The van der Waals surface area contributed by atoms with Crippen LogP contribution in [0.25, 0.3) is 5.65 Å². The van der Waals surface area contributed by atoms with Gasteiger partial charge in [0.1, 0.15) is 5.75 Å². The number of anilines is 2. The van der Waals surface area contributed by atoms with Gasteiger partial charge in [0.25, 0.3) is 5.91 Å². The van der Waals surface area contributed by atoms with Gasteiger partial charge in [0.05, 0.1) is 11.1 Å². The number of thiophene rings is 1. The molecule has 4 rings (SSSR count). The minimum Gasteiger partial charge on any atom is -0.438 e. The zero-order valence-corrected chi connectivity index (χ0v) is 14.7. The summed E-state index contributed by atoms with van der Waals surface area (Å²) in [6, 6.07) is 12.5. The molecule has 0 aliphatic carbocycles. The molecular weight excluding hydrogens is 350 g/mol. The van der Waals surface area contributed by atoms with Crippen molar-refractivity contribution in [2.45, 2.75) is 6.92 Å². The van der Waals surface area contributed by atoms with Crippen molar-refractivity contribution >= 4 is 34.4 Å². The molecule has 1 amide bonds. The summed E-state index contributed by atoms with van der Waals surface area (Å²) in [5.41, 5.74) is 7.90. The zero-order valence-electron chi connectivity index (χ0n) is 13.8. The quantitative estimate of drug-likeness (QED) is 0.538. The standard InChI is InChI=1S/C18H15N5O2S/c1-11-7-8-26-17(11)18(24)21-14-10-23-15(20-14)5-6-16(22-23)25-13-4-2-3-12(19)9-13/h2-10H,19H2,1H3,(H,21,24). The summed E-state index contributed by atoms with van der Waals surface area (Å²) < 4.78 is 7.26. The largest absolute Gasteiger partial charge is 0.438 e. The molecule has 0 bridgehead atoms. The van der Waals surface area contributed by atoms with Gasteiger partial charge in [-0.1, -0.05) is 6.07 Å². The molecule has 130 valence electrons. The Kier molecular flexibility index (Phi) is 4.02. The number of carbonyl (C=O) groups is 1. The first-order valence-corrected chi connectivity index (χ1v) is 8.72. The Morgan fingerprint density at radius 1 is 1.27 bits per heavy atom. The number of nitrogens with two attached hydrogens (primary N) is 1. The van der Waals surface area contributed by atoms with Gasteiger partial charge in [-0.25, -0.2) is 9.50 Å². The van der Waals surface area contributed by atoms with Crippen LogP contribution < -0.4 is 15.8 Å². The normalized spacial score (nSPS) is 10.8. The van der Waals surface area contributed by atoms with E-state index in [-0.39, 0.29) is 5.91 Å². The molecule has 8 heteroatoms. The van der Waals surface area contributed by atoms with Crippen molar-refractivity contribution in [1.29, 1.82) is 0 Å². The molecule has 1 aromatic carbocycles. The lowest BCUT2D eigenvalue weighted by molar-refractivity contribution is 0.102. The van der Waals surface area contributed by atoms with Crippen LogP contribution in [0, 0.1) is 6.92 Å². The number of nitrogens with one attached hydrogen (secondary N) is 1. The van der Waals surface area contributed by atoms with Gasteiger partial charge in [-0.05, 0) is 42.1 Å². The Hall–Kier alpha value is -3.39. The topological polar surface area (TPSA) is 94.5 Å². The third kappa shape index (κ3) is 3.22. The number of aryl methyl sites for hydroxylation is 1. The molecule has 0 atom stereocenters. The Labute approximate surface area is 153 Å². The first-order valence-electron chi connectivity index (χ1n) is 7.84. The number of amides is 1. The van der Waals surface area contributed by atoms with Gasteiger partial charge >= 0.3 is 0 Å². The van der Waals surface area contributed by atoms with Crippen molar-refractivity contribution in [3.05, 3.63) is 64.5 Å². The van der Waals surface area contributed by atoms with E-state index in [9.17, 15) is 4.79 Å². The van der Waals surface area contributed by atoms with Gasteiger partial charge < -0.3 is 15.8 Å². The van der Waals surface area contributed by atoms with Gasteiger partial charge in [-0.2, -0.15) is 0 Å². The Balaban J connectivity index is 1.56. The van der Waals surface area contributed by atoms with E-state index >= 15 is 0 Å². The second-order valence-corrected chi connectivity index (χ2v) is 6.58. The summed E-state index contributed by atoms with van der Waals surface area (Å²) in [5.74, 6) is 1.24. The van der Waals surface area contributed by atoms with E-state index in [2.05, 4.69) is 15.4 Å². The molecule has 0 spiro atoms. The van der Waals surface area contributed by atoms with E-state index in [0.29, 0.717) is 33.7 Å². The molecule has 7 nitrogen and oxygen atoms in total. The Morgan fingerprint density at radius 3 is 2.92 bits per heavy atom. The van der Waals surface area contributed by atoms with Crippen LogP contribution in [0.1, 0.15) is 15.2 Å². The number of aromatic nitrogens is 3. The average molecular weight is 365 g/mol. The van der Waals surface area contributed by atoms with Gasteiger partial charge in [-0.15, -0.1) is 16.4 Å². The second kappa shape index (κ2) is 6.49. The molecule has 0 unspecified atom stereocenters. The summed E-state index contributed by atoms with van der Waals surface area (Å²) in [5, 5.41) is 9.03. The molecule has 0 fully saturated rings. The molecule has 0 aliphatic heterocycles. The van der Waals surface area contributed by atoms with Crippen LogP contribution in [-0.4, -0.2) is 20.5 Å². The number of nitrogen functional groups attached to an aromatic ring is 1. The maximum Gasteiger partial charge on any atom is 0.267 e. The summed E-state index contributed by atoms with van der Waals surface area (Å²) in [7, 11) is 0. The molecule has 3 N–H and O–H groups in total. The maximum atomic E-state index is 12.3. The molecule has 0 radical (unpaired) electrons. The molecular formula is C18H15N5O2S. The molecule has 3 aromatic heterocycles. The lowest BCUT2D eigenvalue weighted by Crippen LogP contribution is -2.11. The van der Waals surface area contributed by atoms with Crippen molar-refractivity contribution in [2.75, 3.05) is 11.1 Å². The maximum absolute atomic E-state index is 12.3.